The van der Waals surface area contributed by atoms with Gasteiger partial charge >= 0.3 is 0 Å². The van der Waals surface area contributed by atoms with Crippen LogP contribution in [0.3, 0.4) is 0 Å². The summed E-state index contributed by atoms with van der Waals surface area (Å²) >= 11 is 0. The van der Waals surface area contributed by atoms with E-state index in [0.29, 0.717) is 5.52 Å². The molecule has 0 unspecified atom stereocenters. The average molecular weight is 201 g/mol. The van der Waals surface area contributed by atoms with Crippen LogP contribution in [-0.4, -0.2) is 4.98 Å². The molecule has 1 nitrogen and oxygen atoms in total. The lowest BCUT2D eigenvalue weighted by Crippen LogP contribution is -2.00. The molecule has 0 saturated heterocycles. The molecule has 76 valence electrons. The van der Waals surface area contributed by atoms with Crippen LogP contribution in [0.25, 0.3) is 10.9 Å². The van der Waals surface area contributed by atoms with E-state index in [1.165, 1.54) is 0 Å². The van der Waals surface area contributed by atoms with Crippen LogP contribution in [0.2, 0.25) is 0 Å². The molecule has 2 heteroatoms. The van der Waals surface area contributed by atoms with Crippen LogP contribution < -0.4 is 0 Å². The summed E-state index contributed by atoms with van der Waals surface area (Å²) in [6.45, 7) is 2.18. The zero-order chi connectivity index (χ0) is 10.5. The predicted octanol–water partition coefficient (Wildman–Crippen LogP) is 3.43. The molecule has 1 saturated carbocycles. The van der Waals surface area contributed by atoms with Crippen molar-refractivity contribution in [2.24, 2.45) is 0 Å². The predicted molar refractivity (Wildman–Crippen MR) is 58.3 cm³/mol. The highest BCUT2D eigenvalue weighted by Crippen LogP contribution is 2.48. The molecule has 2 aromatic rings. The second kappa shape index (κ2) is 2.78. The van der Waals surface area contributed by atoms with Gasteiger partial charge < -0.3 is 0 Å². The number of aromatic nitrogens is 1. The van der Waals surface area contributed by atoms with Gasteiger partial charge in [0.25, 0.3) is 0 Å². The molecule has 3 rings (SSSR count). The van der Waals surface area contributed by atoms with E-state index >= 15 is 0 Å². The average Bonchev–Trinajstić information content (AvgIpc) is 2.98. The van der Waals surface area contributed by atoms with Crippen molar-refractivity contribution in [1.82, 2.24) is 4.98 Å². The molecule has 0 N–H and O–H groups in total. The van der Waals surface area contributed by atoms with Gasteiger partial charge in [-0.15, -0.1) is 0 Å². The SMILES string of the molecule is CC1(c2cc(F)c3ncccc3c2)CC1. The minimum atomic E-state index is -0.198. The minimum Gasteiger partial charge on any atom is -0.253 e. The number of rotatable bonds is 1. The third-order valence-electron chi connectivity index (χ3n) is 3.36. The summed E-state index contributed by atoms with van der Waals surface area (Å²) < 4.78 is 13.7. The summed E-state index contributed by atoms with van der Waals surface area (Å²) in [7, 11) is 0. The summed E-state index contributed by atoms with van der Waals surface area (Å²) in [5, 5.41) is 0.903. The molecule has 1 fully saturated rings. The normalized spacial score (nSPS) is 18.0. The van der Waals surface area contributed by atoms with Crippen molar-refractivity contribution in [2.45, 2.75) is 25.2 Å². The van der Waals surface area contributed by atoms with Crippen molar-refractivity contribution in [1.29, 1.82) is 0 Å². The second-order valence-corrected chi connectivity index (χ2v) is 4.59. The first-order valence-electron chi connectivity index (χ1n) is 5.24. The van der Waals surface area contributed by atoms with Crippen LogP contribution in [0.5, 0.6) is 0 Å². The lowest BCUT2D eigenvalue weighted by molar-refractivity contribution is 0.630. The minimum absolute atomic E-state index is 0.198. The Morgan fingerprint density at radius 2 is 2.13 bits per heavy atom. The maximum Gasteiger partial charge on any atom is 0.149 e. The molecule has 1 aromatic heterocycles. The number of halogens is 1. The summed E-state index contributed by atoms with van der Waals surface area (Å²) in [6, 6.07) is 7.47. The molecule has 0 spiro atoms. The first-order valence-corrected chi connectivity index (χ1v) is 5.24. The third kappa shape index (κ3) is 1.32. The van der Waals surface area contributed by atoms with Crippen molar-refractivity contribution in [3.05, 3.63) is 41.8 Å². The van der Waals surface area contributed by atoms with Gasteiger partial charge in [0.15, 0.2) is 0 Å². The van der Waals surface area contributed by atoms with E-state index in [9.17, 15) is 4.39 Å². The first-order chi connectivity index (χ1) is 7.19. The highest BCUT2D eigenvalue weighted by molar-refractivity contribution is 5.80. The van der Waals surface area contributed by atoms with Gasteiger partial charge in [0.05, 0.1) is 0 Å². The van der Waals surface area contributed by atoms with Crippen LogP contribution in [0, 0.1) is 5.82 Å². The topological polar surface area (TPSA) is 12.9 Å². The van der Waals surface area contributed by atoms with Gasteiger partial charge in [-0.3, -0.25) is 4.98 Å². The Balaban J connectivity index is 2.27. The molecule has 0 amide bonds. The molecule has 0 aliphatic heterocycles. The number of hydrogen-bond donors (Lipinski definition) is 0. The van der Waals surface area contributed by atoms with Crippen molar-refractivity contribution in [2.75, 3.05) is 0 Å². The van der Waals surface area contributed by atoms with Crippen LogP contribution in [0.15, 0.2) is 30.5 Å². The van der Waals surface area contributed by atoms with E-state index in [-0.39, 0.29) is 11.2 Å². The van der Waals surface area contributed by atoms with Crippen LogP contribution >= 0.6 is 0 Å². The van der Waals surface area contributed by atoms with E-state index in [0.717, 1.165) is 23.8 Å². The van der Waals surface area contributed by atoms with E-state index in [1.54, 1.807) is 12.3 Å². The summed E-state index contributed by atoms with van der Waals surface area (Å²) in [5.41, 5.74) is 1.80. The van der Waals surface area contributed by atoms with Crippen LogP contribution in [-0.2, 0) is 5.41 Å². The molecule has 1 aliphatic carbocycles. The second-order valence-electron chi connectivity index (χ2n) is 4.59. The van der Waals surface area contributed by atoms with Gasteiger partial charge in [-0.2, -0.15) is 0 Å². The molecule has 0 atom stereocenters. The van der Waals surface area contributed by atoms with E-state index in [4.69, 9.17) is 0 Å². The smallest absolute Gasteiger partial charge is 0.149 e. The maximum absolute atomic E-state index is 13.7. The van der Waals surface area contributed by atoms with Crippen LogP contribution in [0.4, 0.5) is 4.39 Å². The highest BCUT2D eigenvalue weighted by Gasteiger charge is 2.39. The fraction of sp³-hybridized carbons (Fsp3) is 0.308. The van der Waals surface area contributed by atoms with Gasteiger partial charge in [-0.25, -0.2) is 4.39 Å². The number of nitrogens with zero attached hydrogens (tertiary/aromatic N) is 1. The fourth-order valence-corrected chi connectivity index (χ4v) is 1.97. The Bertz CT molecular complexity index is 529. The molecule has 1 aliphatic rings. The summed E-state index contributed by atoms with van der Waals surface area (Å²) in [6.07, 6.45) is 3.96. The van der Waals surface area contributed by atoms with Crippen molar-refractivity contribution in [3.63, 3.8) is 0 Å². The standard InChI is InChI=1S/C13H12FN/c1-13(4-5-13)10-7-9-3-2-6-15-12(9)11(14)8-10/h2-3,6-8H,4-5H2,1H3. The van der Waals surface area contributed by atoms with Gasteiger partial charge in [-0.05, 0) is 42.0 Å². The van der Waals surface area contributed by atoms with Gasteiger partial charge in [0.1, 0.15) is 11.3 Å². The van der Waals surface area contributed by atoms with Crippen molar-refractivity contribution < 1.29 is 4.39 Å². The number of pyridine rings is 1. The van der Waals surface area contributed by atoms with Gasteiger partial charge in [-0.1, -0.05) is 13.0 Å². The Hall–Kier alpha value is -1.44. The largest absolute Gasteiger partial charge is 0.253 e. The Morgan fingerprint density at radius 1 is 1.33 bits per heavy atom. The first kappa shape index (κ1) is 8.84. The van der Waals surface area contributed by atoms with Gasteiger partial charge in [0, 0.05) is 11.6 Å². The quantitative estimate of drug-likeness (QED) is 0.688. The number of hydrogen-bond acceptors (Lipinski definition) is 1. The number of benzene rings is 1. The zero-order valence-electron chi connectivity index (χ0n) is 8.63. The highest BCUT2D eigenvalue weighted by atomic mass is 19.1. The van der Waals surface area contributed by atoms with Crippen LogP contribution in [0.1, 0.15) is 25.3 Å². The lowest BCUT2D eigenvalue weighted by Gasteiger charge is -2.10. The van der Waals surface area contributed by atoms with E-state index in [2.05, 4.69) is 18.0 Å². The van der Waals surface area contributed by atoms with Gasteiger partial charge in [0.2, 0.25) is 0 Å². The number of fused-ring (bicyclic) bond motifs is 1. The molecule has 15 heavy (non-hydrogen) atoms. The van der Waals surface area contributed by atoms with Crippen molar-refractivity contribution in [3.8, 4) is 0 Å². The zero-order valence-corrected chi connectivity index (χ0v) is 8.63. The van der Waals surface area contributed by atoms with Crippen molar-refractivity contribution >= 4 is 10.9 Å². The summed E-state index contributed by atoms with van der Waals surface area (Å²) in [5.74, 6) is -0.198. The maximum atomic E-state index is 13.7. The van der Waals surface area contributed by atoms with E-state index in [1.807, 2.05) is 12.1 Å². The Labute approximate surface area is 88.0 Å². The molecule has 0 radical (unpaired) electrons. The third-order valence-corrected chi connectivity index (χ3v) is 3.36. The summed E-state index contributed by atoms with van der Waals surface area (Å²) in [4.78, 5) is 4.05. The Morgan fingerprint density at radius 3 is 2.87 bits per heavy atom. The van der Waals surface area contributed by atoms with E-state index < -0.39 is 0 Å². The molecule has 1 heterocycles. The molecular weight excluding hydrogens is 189 g/mol. The molecule has 1 aromatic carbocycles. The Kier molecular flexibility index (Phi) is 1.64. The molecular formula is C13H12FN. The molecule has 0 bridgehead atoms. The monoisotopic (exact) mass is 201 g/mol. The fourth-order valence-electron chi connectivity index (χ4n) is 1.97. The lowest BCUT2D eigenvalue weighted by atomic mass is 9.96.